The lowest BCUT2D eigenvalue weighted by atomic mass is 9.92. The van der Waals surface area contributed by atoms with Crippen molar-refractivity contribution in [1.29, 1.82) is 0 Å². The molecule has 7 nitrogen and oxygen atoms in total. The van der Waals surface area contributed by atoms with Crippen LogP contribution in [0.25, 0.3) is 0 Å². The highest BCUT2D eigenvalue weighted by Gasteiger charge is 2.33. The van der Waals surface area contributed by atoms with E-state index in [1.165, 1.54) is 4.90 Å². The number of aromatic amines is 1. The minimum absolute atomic E-state index is 0.126. The van der Waals surface area contributed by atoms with Gasteiger partial charge in [0.2, 0.25) is 0 Å². The van der Waals surface area contributed by atoms with Crippen LogP contribution in [0.3, 0.4) is 0 Å². The van der Waals surface area contributed by atoms with E-state index in [0.29, 0.717) is 36.8 Å². The third-order valence-electron chi connectivity index (χ3n) is 3.98. The molecule has 1 aromatic rings. The van der Waals surface area contributed by atoms with E-state index in [1.54, 1.807) is 14.0 Å². The highest BCUT2D eigenvalue weighted by Crippen LogP contribution is 2.29. The summed E-state index contributed by atoms with van der Waals surface area (Å²) in [5.74, 6) is -0.487. The zero-order chi connectivity index (χ0) is 17.1. The summed E-state index contributed by atoms with van der Waals surface area (Å²) in [6, 6.07) is -0.198. The molecule has 0 radical (unpaired) electrons. The van der Waals surface area contributed by atoms with Gasteiger partial charge in [0.15, 0.2) is 0 Å². The van der Waals surface area contributed by atoms with Crippen LogP contribution in [0.5, 0.6) is 0 Å². The van der Waals surface area contributed by atoms with Crippen LogP contribution in [0.15, 0.2) is 0 Å². The molecule has 1 aromatic heterocycles. The molecule has 0 spiro atoms. The van der Waals surface area contributed by atoms with Crippen molar-refractivity contribution in [3.63, 3.8) is 0 Å². The number of halogens is 2. The molecule has 0 aliphatic carbocycles. The zero-order valence-corrected chi connectivity index (χ0v) is 14.4. The fourth-order valence-corrected chi connectivity index (χ4v) is 3.16. The highest BCUT2D eigenvalue weighted by atomic mass is 35.5. The molecule has 0 aromatic carbocycles. The first-order chi connectivity index (χ1) is 10.8. The zero-order valence-electron chi connectivity index (χ0n) is 12.9. The van der Waals surface area contributed by atoms with Crippen LogP contribution in [0.1, 0.15) is 22.6 Å². The van der Waals surface area contributed by atoms with Crippen molar-refractivity contribution in [2.75, 3.05) is 26.8 Å². The van der Waals surface area contributed by atoms with Crippen LogP contribution in [0.4, 0.5) is 4.79 Å². The predicted molar refractivity (Wildman–Crippen MR) is 86.4 cm³/mol. The summed E-state index contributed by atoms with van der Waals surface area (Å²) in [6.45, 7) is 2.75. The summed E-state index contributed by atoms with van der Waals surface area (Å²) in [6.07, 6.45) is -0.456. The van der Waals surface area contributed by atoms with Gasteiger partial charge in [-0.2, -0.15) is 0 Å². The number of ether oxygens (including phenoxy) is 1. The first kappa shape index (κ1) is 17.9. The number of carbonyl (C=O) groups excluding carboxylic acids is 1. The second-order valence-corrected chi connectivity index (χ2v) is 6.32. The standard InChI is InChI=1S/C14H19Cl2N3O4/c1-7-10(15)11(16)12(17-7)13(20)18-9-3-4-19(14(21)22)5-8(9)6-23-2/h8-9,17H,3-6H2,1-2H3,(H,18,20)(H,21,22). The maximum Gasteiger partial charge on any atom is 0.407 e. The van der Waals surface area contributed by atoms with Crippen molar-refractivity contribution in [2.45, 2.75) is 19.4 Å². The molecule has 0 bridgehead atoms. The number of hydrogen-bond acceptors (Lipinski definition) is 3. The molecule has 2 heterocycles. The Morgan fingerprint density at radius 3 is 2.65 bits per heavy atom. The molecule has 1 aliphatic rings. The van der Waals surface area contributed by atoms with Gasteiger partial charge in [-0.1, -0.05) is 23.2 Å². The van der Waals surface area contributed by atoms with Gasteiger partial charge in [-0.3, -0.25) is 4.79 Å². The number of nitrogens with one attached hydrogen (secondary N) is 2. The van der Waals surface area contributed by atoms with E-state index in [9.17, 15) is 9.59 Å². The first-order valence-electron chi connectivity index (χ1n) is 7.16. The minimum atomic E-state index is -0.967. The lowest BCUT2D eigenvalue weighted by molar-refractivity contribution is 0.0587. The summed E-state index contributed by atoms with van der Waals surface area (Å²) in [4.78, 5) is 27.7. The maximum absolute atomic E-state index is 12.4. The molecule has 128 valence electrons. The summed E-state index contributed by atoms with van der Waals surface area (Å²) in [5.41, 5.74) is 0.835. The third kappa shape index (κ3) is 3.91. The number of aryl methyl sites for hydroxylation is 1. The number of amides is 2. The van der Waals surface area contributed by atoms with E-state index in [4.69, 9.17) is 33.0 Å². The Morgan fingerprint density at radius 2 is 2.13 bits per heavy atom. The number of nitrogens with zero attached hydrogens (tertiary/aromatic N) is 1. The van der Waals surface area contributed by atoms with Gasteiger partial charge in [0.1, 0.15) is 5.69 Å². The van der Waals surface area contributed by atoms with Crippen LogP contribution in [0, 0.1) is 12.8 Å². The van der Waals surface area contributed by atoms with Crippen LogP contribution < -0.4 is 5.32 Å². The van der Waals surface area contributed by atoms with Crippen molar-refractivity contribution >= 4 is 35.2 Å². The molecule has 0 saturated carbocycles. The average molecular weight is 364 g/mol. The Labute approximate surface area is 143 Å². The molecular formula is C14H19Cl2N3O4. The number of piperidine rings is 1. The van der Waals surface area contributed by atoms with Gasteiger partial charge < -0.3 is 25.0 Å². The van der Waals surface area contributed by atoms with Gasteiger partial charge in [-0.05, 0) is 13.3 Å². The van der Waals surface area contributed by atoms with Crippen LogP contribution in [-0.2, 0) is 4.74 Å². The van der Waals surface area contributed by atoms with E-state index >= 15 is 0 Å². The molecule has 23 heavy (non-hydrogen) atoms. The average Bonchev–Trinajstić information content (AvgIpc) is 2.76. The molecule has 2 amide bonds. The largest absolute Gasteiger partial charge is 0.465 e. The van der Waals surface area contributed by atoms with Crippen molar-refractivity contribution < 1.29 is 19.4 Å². The number of likely N-dealkylation sites (tertiary alicyclic amines) is 1. The smallest absolute Gasteiger partial charge is 0.407 e. The van der Waals surface area contributed by atoms with Gasteiger partial charge in [0.25, 0.3) is 5.91 Å². The second kappa shape index (κ2) is 7.42. The number of rotatable bonds is 4. The lowest BCUT2D eigenvalue weighted by Gasteiger charge is -2.37. The normalized spacial score (nSPS) is 21.3. The fourth-order valence-electron chi connectivity index (χ4n) is 2.75. The number of H-pyrrole nitrogens is 1. The van der Waals surface area contributed by atoms with E-state index in [-0.39, 0.29) is 28.6 Å². The van der Waals surface area contributed by atoms with E-state index in [2.05, 4.69) is 10.3 Å². The first-order valence-corrected chi connectivity index (χ1v) is 7.92. The van der Waals surface area contributed by atoms with Crippen LogP contribution in [0.2, 0.25) is 10.0 Å². The number of carboxylic acid groups (broad SMARTS) is 1. The molecule has 2 atom stereocenters. The Balaban J connectivity index is 2.09. The van der Waals surface area contributed by atoms with Crippen LogP contribution in [-0.4, -0.2) is 59.8 Å². The SMILES string of the molecule is COCC1CN(C(=O)O)CCC1NC(=O)c1[nH]c(C)c(Cl)c1Cl. The summed E-state index contributed by atoms with van der Waals surface area (Å²) in [5, 5.41) is 12.5. The lowest BCUT2D eigenvalue weighted by Crippen LogP contribution is -2.53. The summed E-state index contributed by atoms with van der Waals surface area (Å²) >= 11 is 12.0. The summed E-state index contributed by atoms with van der Waals surface area (Å²) < 4.78 is 5.15. The second-order valence-electron chi connectivity index (χ2n) is 5.57. The Bertz CT molecular complexity index is 605. The Hall–Kier alpha value is -1.44. The maximum atomic E-state index is 12.4. The highest BCUT2D eigenvalue weighted by molar-refractivity contribution is 6.44. The summed E-state index contributed by atoms with van der Waals surface area (Å²) in [7, 11) is 1.55. The molecule has 9 heteroatoms. The monoisotopic (exact) mass is 363 g/mol. The molecule has 2 unspecified atom stereocenters. The quantitative estimate of drug-likeness (QED) is 0.765. The molecule has 1 saturated heterocycles. The van der Waals surface area contributed by atoms with Gasteiger partial charge in [0.05, 0.1) is 16.7 Å². The number of methoxy groups -OCH3 is 1. The molecule has 1 fully saturated rings. The van der Waals surface area contributed by atoms with Crippen LogP contribution >= 0.6 is 23.2 Å². The van der Waals surface area contributed by atoms with Crippen molar-refractivity contribution in [2.24, 2.45) is 5.92 Å². The topological polar surface area (TPSA) is 94.7 Å². The van der Waals surface area contributed by atoms with Gasteiger partial charge in [-0.15, -0.1) is 0 Å². The van der Waals surface area contributed by atoms with E-state index in [0.717, 1.165) is 0 Å². The Kier molecular flexibility index (Phi) is 5.78. The van der Waals surface area contributed by atoms with Crippen molar-refractivity contribution in [1.82, 2.24) is 15.2 Å². The van der Waals surface area contributed by atoms with E-state index < -0.39 is 6.09 Å². The van der Waals surface area contributed by atoms with Gasteiger partial charge in [-0.25, -0.2) is 4.79 Å². The Morgan fingerprint density at radius 1 is 1.43 bits per heavy atom. The molecule has 1 aliphatic heterocycles. The molecular weight excluding hydrogens is 345 g/mol. The van der Waals surface area contributed by atoms with Crippen molar-refractivity contribution in [3.8, 4) is 0 Å². The van der Waals surface area contributed by atoms with Gasteiger partial charge in [0, 0.05) is 37.9 Å². The molecule has 2 rings (SSSR count). The van der Waals surface area contributed by atoms with Crippen molar-refractivity contribution in [3.05, 3.63) is 21.4 Å². The predicted octanol–water partition coefficient (Wildman–Crippen LogP) is 2.37. The van der Waals surface area contributed by atoms with Gasteiger partial charge >= 0.3 is 6.09 Å². The molecule has 3 N–H and O–H groups in total. The number of aromatic nitrogens is 1. The fraction of sp³-hybridized carbons (Fsp3) is 0.571. The van der Waals surface area contributed by atoms with E-state index in [1.807, 2.05) is 0 Å². The number of carbonyl (C=O) groups is 2. The minimum Gasteiger partial charge on any atom is -0.465 e. The number of hydrogen-bond donors (Lipinski definition) is 3. The third-order valence-corrected chi connectivity index (χ3v) is 4.93.